The largest absolute Gasteiger partial charge is 0.465 e. The summed E-state index contributed by atoms with van der Waals surface area (Å²) in [6.45, 7) is 0. The predicted molar refractivity (Wildman–Crippen MR) is 62.6 cm³/mol. The van der Waals surface area contributed by atoms with E-state index in [1.54, 1.807) is 6.07 Å². The standard InChI is InChI=1S/C12H10ClNO2/c1-16-12(15)10-6-8(7-13)14-11-5-3-2-4-9(10)11/h2-6H,7H2,1H3. The Morgan fingerprint density at radius 2 is 2.19 bits per heavy atom. The number of ether oxygens (including phenoxy) is 1. The molecule has 0 aliphatic rings. The fourth-order valence-corrected chi connectivity index (χ4v) is 1.71. The Morgan fingerprint density at radius 3 is 2.88 bits per heavy atom. The molecule has 1 aromatic carbocycles. The number of carbonyl (C=O) groups excluding carboxylic acids is 1. The van der Waals surface area contributed by atoms with Gasteiger partial charge in [-0.25, -0.2) is 4.79 Å². The molecule has 0 amide bonds. The average molecular weight is 236 g/mol. The lowest BCUT2D eigenvalue weighted by atomic mass is 10.1. The van der Waals surface area contributed by atoms with Gasteiger partial charge in [0.15, 0.2) is 0 Å². The molecule has 1 aromatic heterocycles. The molecular formula is C12H10ClNO2. The van der Waals surface area contributed by atoms with E-state index in [-0.39, 0.29) is 11.8 Å². The topological polar surface area (TPSA) is 39.2 Å². The SMILES string of the molecule is COC(=O)c1cc(CCl)nc2ccccc12. The summed E-state index contributed by atoms with van der Waals surface area (Å²) >= 11 is 5.73. The molecule has 82 valence electrons. The van der Waals surface area contributed by atoms with Crippen LogP contribution in [0, 0.1) is 0 Å². The second-order valence-electron chi connectivity index (χ2n) is 3.30. The van der Waals surface area contributed by atoms with E-state index >= 15 is 0 Å². The maximum absolute atomic E-state index is 11.6. The lowest BCUT2D eigenvalue weighted by molar-refractivity contribution is 0.0603. The van der Waals surface area contributed by atoms with Gasteiger partial charge in [0.05, 0.1) is 29.8 Å². The van der Waals surface area contributed by atoms with Crippen molar-refractivity contribution >= 4 is 28.5 Å². The number of pyridine rings is 1. The van der Waals surface area contributed by atoms with Crippen molar-refractivity contribution < 1.29 is 9.53 Å². The molecule has 1 heterocycles. The number of para-hydroxylation sites is 1. The minimum atomic E-state index is -0.370. The van der Waals surface area contributed by atoms with Crippen molar-refractivity contribution in [2.75, 3.05) is 7.11 Å². The van der Waals surface area contributed by atoms with E-state index in [0.717, 1.165) is 10.9 Å². The number of methoxy groups -OCH3 is 1. The number of hydrogen-bond acceptors (Lipinski definition) is 3. The van der Waals surface area contributed by atoms with E-state index < -0.39 is 0 Å². The third kappa shape index (κ3) is 1.86. The molecule has 0 aliphatic carbocycles. The number of rotatable bonds is 2. The molecule has 0 aliphatic heterocycles. The van der Waals surface area contributed by atoms with E-state index in [1.165, 1.54) is 7.11 Å². The number of halogens is 1. The van der Waals surface area contributed by atoms with E-state index in [0.29, 0.717) is 11.3 Å². The number of esters is 1. The first kappa shape index (κ1) is 10.9. The van der Waals surface area contributed by atoms with Crippen LogP contribution in [-0.4, -0.2) is 18.1 Å². The van der Waals surface area contributed by atoms with Gasteiger partial charge in [-0.3, -0.25) is 4.98 Å². The molecule has 3 nitrogen and oxygen atoms in total. The van der Waals surface area contributed by atoms with E-state index in [9.17, 15) is 4.79 Å². The van der Waals surface area contributed by atoms with Crippen molar-refractivity contribution in [2.24, 2.45) is 0 Å². The Morgan fingerprint density at radius 1 is 1.44 bits per heavy atom. The van der Waals surface area contributed by atoms with Crippen LogP contribution >= 0.6 is 11.6 Å². The molecule has 0 saturated heterocycles. The quantitative estimate of drug-likeness (QED) is 0.594. The Bertz CT molecular complexity index is 540. The van der Waals surface area contributed by atoms with Crippen molar-refractivity contribution in [3.63, 3.8) is 0 Å². The third-order valence-electron chi connectivity index (χ3n) is 2.31. The molecule has 2 rings (SSSR count). The molecule has 0 N–H and O–H groups in total. The zero-order valence-corrected chi connectivity index (χ0v) is 9.49. The maximum atomic E-state index is 11.6. The smallest absolute Gasteiger partial charge is 0.338 e. The van der Waals surface area contributed by atoms with E-state index in [2.05, 4.69) is 4.98 Å². The fourth-order valence-electron chi connectivity index (χ4n) is 1.58. The molecule has 0 bridgehead atoms. The van der Waals surface area contributed by atoms with Gasteiger partial charge in [0.1, 0.15) is 0 Å². The predicted octanol–water partition coefficient (Wildman–Crippen LogP) is 2.76. The van der Waals surface area contributed by atoms with Gasteiger partial charge >= 0.3 is 5.97 Å². The second kappa shape index (κ2) is 4.49. The van der Waals surface area contributed by atoms with Crippen LogP contribution in [0.3, 0.4) is 0 Å². The lowest BCUT2D eigenvalue weighted by Gasteiger charge is -2.06. The van der Waals surface area contributed by atoms with Gasteiger partial charge in [0.2, 0.25) is 0 Å². The van der Waals surface area contributed by atoms with Gasteiger partial charge in [-0.05, 0) is 12.1 Å². The normalized spacial score (nSPS) is 10.4. The van der Waals surface area contributed by atoms with Gasteiger partial charge in [-0.1, -0.05) is 18.2 Å². The van der Waals surface area contributed by atoms with Crippen molar-refractivity contribution in [2.45, 2.75) is 5.88 Å². The number of aromatic nitrogens is 1. The number of fused-ring (bicyclic) bond motifs is 1. The molecule has 2 aromatic rings. The highest BCUT2D eigenvalue weighted by Crippen LogP contribution is 2.19. The fraction of sp³-hybridized carbons (Fsp3) is 0.167. The van der Waals surface area contributed by atoms with Crippen LogP contribution < -0.4 is 0 Å². The first-order valence-electron chi connectivity index (χ1n) is 4.79. The van der Waals surface area contributed by atoms with Crippen LogP contribution in [0.5, 0.6) is 0 Å². The highest BCUT2D eigenvalue weighted by molar-refractivity contribution is 6.17. The Hall–Kier alpha value is -1.61. The van der Waals surface area contributed by atoms with Crippen LogP contribution in [0.15, 0.2) is 30.3 Å². The van der Waals surface area contributed by atoms with Crippen LogP contribution in [0.1, 0.15) is 16.1 Å². The van der Waals surface area contributed by atoms with Crippen LogP contribution in [0.4, 0.5) is 0 Å². The highest BCUT2D eigenvalue weighted by Gasteiger charge is 2.12. The van der Waals surface area contributed by atoms with Gasteiger partial charge in [-0.15, -0.1) is 11.6 Å². The first-order valence-corrected chi connectivity index (χ1v) is 5.32. The van der Waals surface area contributed by atoms with Crippen LogP contribution in [0.2, 0.25) is 0 Å². The number of alkyl halides is 1. The number of benzene rings is 1. The summed E-state index contributed by atoms with van der Waals surface area (Å²) in [5.74, 6) is -0.0978. The van der Waals surface area contributed by atoms with Gasteiger partial charge < -0.3 is 4.74 Å². The van der Waals surface area contributed by atoms with Crippen molar-refractivity contribution in [1.82, 2.24) is 4.98 Å². The molecule has 0 spiro atoms. The molecule has 0 atom stereocenters. The molecule has 0 fully saturated rings. The monoisotopic (exact) mass is 235 g/mol. The summed E-state index contributed by atoms with van der Waals surface area (Å²) < 4.78 is 4.73. The van der Waals surface area contributed by atoms with E-state index in [1.807, 2.05) is 24.3 Å². The molecule has 0 saturated carbocycles. The summed E-state index contributed by atoms with van der Waals surface area (Å²) in [5, 5.41) is 0.781. The summed E-state index contributed by atoms with van der Waals surface area (Å²) in [6.07, 6.45) is 0. The summed E-state index contributed by atoms with van der Waals surface area (Å²) in [4.78, 5) is 15.9. The Kier molecular flexibility index (Phi) is 3.06. The third-order valence-corrected chi connectivity index (χ3v) is 2.59. The molecule has 16 heavy (non-hydrogen) atoms. The molecule has 0 unspecified atom stereocenters. The average Bonchev–Trinajstić information content (AvgIpc) is 2.36. The minimum absolute atomic E-state index is 0.273. The van der Waals surface area contributed by atoms with Gasteiger partial charge in [0.25, 0.3) is 0 Å². The van der Waals surface area contributed by atoms with E-state index in [4.69, 9.17) is 16.3 Å². The molecule has 0 radical (unpaired) electrons. The Balaban J connectivity index is 2.73. The number of nitrogens with zero attached hydrogens (tertiary/aromatic N) is 1. The summed E-state index contributed by atoms with van der Waals surface area (Å²) in [5.41, 5.74) is 1.92. The summed E-state index contributed by atoms with van der Waals surface area (Å²) in [6, 6.07) is 9.08. The lowest BCUT2D eigenvalue weighted by Crippen LogP contribution is -2.04. The zero-order valence-electron chi connectivity index (χ0n) is 8.74. The molecule has 4 heteroatoms. The molecular weight excluding hydrogens is 226 g/mol. The summed E-state index contributed by atoms with van der Waals surface area (Å²) in [7, 11) is 1.36. The van der Waals surface area contributed by atoms with Crippen LogP contribution in [0.25, 0.3) is 10.9 Å². The number of hydrogen-bond donors (Lipinski definition) is 0. The minimum Gasteiger partial charge on any atom is -0.465 e. The highest BCUT2D eigenvalue weighted by atomic mass is 35.5. The van der Waals surface area contributed by atoms with Crippen molar-refractivity contribution in [1.29, 1.82) is 0 Å². The second-order valence-corrected chi connectivity index (χ2v) is 3.57. The number of carbonyl (C=O) groups is 1. The first-order chi connectivity index (χ1) is 7.76. The van der Waals surface area contributed by atoms with Gasteiger partial charge in [0, 0.05) is 5.39 Å². The van der Waals surface area contributed by atoms with Crippen LogP contribution in [-0.2, 0) is 10.6 Å². The zero-order chi connectivity index (χ0) is 11.5. The van der Waals surface area contributed by atoms with Crippen molar-refractivity contribution in [3.05, 3.63) is 41.6 Å². The maximum Gasteiger partial charge on any atom is 0.338 e. The van der Waals surface area contributed by atoms with Crippen molar-refractivity contribution in [3.8, 4) is 0 Å². The Labute approximate surface area is 98.0 Å². The van der Waals surface area contributed by atoms with Gasteiger partial charge in [-0.2, -0.15) is 0 Å².